The highest BCUT2D eigenvalue weighted by Gasteiger charge is 2.10. The molecule has 4 aromatic rings. The summed E-state index contributed by atoms with van der Waals surface area (Å²) in [5.74, 6) is 0.704. The molecule has 0 aliphatic carbocycles. The van der Waals surface area contributed by atoms with Gasteiger partial charge in [-0.05, 0) is 47.3 Å². The molecule has 0 aliphatic rings. The van der Waals surface area contributed by atoms with Gasteiger partial charge in [0.15, 0.2) is 5.13 Å². The van der Waals surface area contributed by atoms with Crippen LogP contribution in [0.4, 0.5) is 5.13 Å². The Labute approximate surface area is 169 Å². The van der Waals surface area contributed by atoms with Crippen LogP contribution < -0.4 is 5.32 Å². The highest BCUT2D eigenvalue weighted by atomic mass is 32.2. The van der Waals surface area contributed by atoms with Crippen molar-refractivity contribution >= 4 is 45.5 Å². The summed E-state index contributed by atoms with van der Waals surface area (Å²) in [7, 11) is 0. The van der Waals surface area contributed by atoms with Gasteiger partial charge in [-0.25, -0.2) is 4.98 Å². The van der Waals surface area contributed by atoms with Crippen LogP contribution in [-0.4, -0.2) is 15.9 Å². The molecule has 0 saturated heterocycles. The SMILES string of the molecule is O=C(Nc1nc(-c2cccs2)cs1)c1ccc(SCc2cccnc2)cc1. The number of carbonyl (C=O) groups is 1. The summed E-state index contributed by atoms with van der Waals surface area (Å²) < 4.78 is 0. The highest BCUT2D eigenvalue weighted by Crippen LogP contribution is 2.28. The Kier molecular flexibility index (Phi) is 5.62. The van der Waals surface area contributed by atoms with Gasteiger partial charge in [0.2, 0.25) is 0 Å². The Morgan fingerprint density at radius 1 is 1.07 bits per heavy atom. The Morgan fingerprint density at radius 3 is 2.70 bits per heavy atom. The number of thiophene rings is 1. The minimum absolute atomic E-state index is 0.147. The third-order valence-corrected chi connectivity index (χ3v) is 6.48. The van der Waals surface area contributed by atoms with E-state index in [0.717, 1.165) is 21.2 Å². The summed E-state index contributed by atoms with van der Waals surface area (Å²) in [4.78, 5) is 23.3. The zero-order valence-corrected chi connectivity index (χ0v) is 16.6. The molecule has 0 spiro atoms. The van der Waals surface area contributed by atoms with Crippen LogP contribution in [0, 0.1) is 0 Å². The molecule has 27 heavy (non-hydrogen) atoms. The molecule has 0 saturated carbocycles. The zero-order valence-electron chi connectivity index (χ0n) is 14.2. The molecule has 1 amide bonds. The molecule has 1 N–H and O–H groups in total. The van der Waals surface area contributed by atoms with Gasteiger partial charge >= 0.3 is 0 Å². The first-order chi connectivity index (χ1) is 13.3. The maximum Gasteiger partial charge on any atom is 0.257 e. The maximum atomic E-state index is 12.4. The van der Waals surface area contributed by atoms with Gasteiger partial charge in [0.1, 0.15) is 0 Å². The normalized spacial score (nSPS) is 10.7. The first-order valence-corrected chi connectivity index (χ1v) is 10.9. The maximum absolute atomic E-state index is 12.4. The number of hydrogen-bond donors (Lipinski definition) is 1. The smallest absolute Gasteiger partial charge is 0.257 e. The predicted molar refractivity (Wildman–Crippen MR) is 114 cm³/mol. The van der Waals surface area contributed by atoms with Crippen molar-refractivity contribution in [2.24, 2.45) is 0 Å². The van der Waals surface area contributed by atoms with E-state index in [1.54, 1.807) is 29.3 Å². The second-order valence-electron chi connectivity index (χ2n) is 5.64. The number of benzene rings is 1. The summed E-state index contributed by atoms with van der Waals surface area (Å²) in [6.45, 7) is 0. The van der Waals surface area contributed by atoms with E-state index in [-0.39, 0.29) is 5.91 Å². The molecule has 0 bridgehead atoms. The summed E-state index contributed by atoms with van der Waals surface area (Å²) in [5.41, 5.74) is 2.69. The lowest BCUT2D eigenvalue weighted by Gasteiger charge is -2.04. The molecule has 0 radical (unpaired) electrons. The summed E-state index contributed by atoms with van der Waals surface area (Å²) in [5, 5.41) is 7.46. The largest absolute Gasteiger partial charge is 0.298 e. The van der Waals surface area contributed by atoms with Crippen molar-refractivity contribution in [3.8, 4) is 10.6 Å². The Balaban J connectivity index is 1.36. The van der Waals surface area contributed by atoms with Gasteiger partial charge in [0.25, 0.3) is 5.91 Å². The second-order valence-corrected chi connectivity index (χ2v) is 8.50. The van der Waals surface area contributed by atoms with Crippen LogP contribution in [0.25, 0.3) is 10.6 Å². The first-order valence-electron chi connectivity index (χ1n) is 8.20. The standard InChI is InChI=1S/C20H15N3OS3/c24-19(23-20-22-17(13-27-20)18-4-2-10-25-18)15-5-7-16(8-6-15)26-12-14-3-1-9-21-11-14/h1-11,13H,12H2,(H,22,23,24). The number of aromatic nitrogens is 2. The number of pyridine rings is 1. The molecule has 1 aromatic carbocycles. The van der Waals surface area contributed by atoms with E-state index in [9.17, 15) is 4.79 Å². The van der Waals surface area contributed by atoms with Gasteiger partial charge in [-0.1, -0.05) is 12.1 Å². The Hall–Kier alpha value is -2.48. The molecule has 0 atom stereocenters. The zero-order chi connectivity index (χ0) is 18.5. The number of thioether (sulfide) groups is 1. The van der Waals surface area contributed by atoms with Gasteiger partial charge in [-0.15, -0.1) is 34.4 Å². The number of hydrogen-bond acceptors (Lipinski definition) is 6. The molecular weight excluding hydrogens is 394 g/mol. The van der Waals surface area contributed by atoms with E-state index in [1.165, 1.54) is 16.9 Å². The van der Waals surface area contributed by atoms with Crippen molar-refractivity contribution in [1.82, 2.24) is 9.97 Å². The van der Waals surface area contributed by atoms with Crippen LogP contribution in [0.3, 0.4) is 0 Å². The number of carbonyl (C=O) groups excluding carboxylic acids is 1. The molecule has 0 fully saturated rings. The number of anilines is 1. The summed E-state index contributed by atoms with van der Waals surface area (Å²) in [6, 6.07) is 15.6. The van der Waals surface area contributed by atoms with Crippen molar-refractivity contribution in [1.29, 1.82) is 0 Å². The van der Waals surface area contributed by atoms with Crippen LogP contribution >= 0.6 is 34.4 Å². The lowest BCUT2D eigenvalue weighted by Crippen LogP contribution is -2.11. The molecule has 134 valence electrons. The molecule has 0 aliphatic heterocycles. The summed E-state index contributed by atoms with van der Waals surface area (Å²) in [6.07, 6.45) is 3.64. The van der Waals surface area contributed by atoms with Crippen molar-refractivity contribution < 1.29 is 4.79 Å². The summed E-state index contributed by atoms with van der Waals surface area (Å²) >= 11 is 4.79. The van der Waals surface area contributed by atoms with Gasteiger partial charge in [0.05, 0.1) is 10.6 Å². The van der Waals surface area contributed by atoms with Gasteiger partial charge in [-0.2, -0.15) is 0 Å². The highest BCUT2D eigenvalue weighted by molar-refractivity contribution is 7.98. The quantitative estimate of drug-likeness (QED) is 0.408. The molecule has 0 unspecified atom stereocenters. The van der Waals surface area contributed by atoms with E-state index < -0.39 is 0 Å². The molecule has 7 heteroatoms. The van der Waals surface area contributed by atoms with E-state index in [1.807, 2.05) is 59.4 Å². The second kappa shape index (κ2) is 8.47. The van der Waals surface area contributed by atoms with Crippen molar-refractivity contribution in [3.05, 3.63) is 82.8 Å². The predicted octanol–water partition coefficient (Wildman–Crippen LogP) is 5.81. The molecule has 3 heterocycles. The molecule has 4 rings (SSSR count). The van der Waals surface area contributed by atoms with E-state index in [4.69, 9.17) is 0 Å². The monoisotopic (exact) mass is 409 g/mol. The van der Waals surface area contributed by atoms with Crippen LogP contribution in [0.2, 0.25) is 0 Å². The van der Waals surface area contributed by atoms with Gasteiger partial charge < -0.3 is 0 Å². The van der Waals surface area contributed by atoms with E-state index >= 15 is 0 Å². The Bertz CT molecular complexity index is 1010. The van der Waals surface area contributed by atoms with Gasteiger partial charge in [0, 0.05) is 34.0 Å². The first kappa shape index (κ1) is 17.9. The number of nitrogens with one attached hydrogen (secondary N) is 1. The number of nitrogens with zero attached hydrogens (tertiary/aromatic N) is 2. The fraction of sp³-hybridized carbons (Fsp3) is 0.0500. The van der Waals surface area contributed by atoms with E-state index in [2.05, 4.69) is 21.4 Å². The lowest BCUT2D eigenvalue weighted by molar-refractivity contribution is 0.102. The average Bonchev–Trinajstić information content (AvgIpc) is 3.39. The van der Waals surface area contributed by atoms with Gasteiger partial charge in [-0.3, -0.25) is 15.1 Å². The van der Waals surface area contributed by atoms with Crippen LogP contribution in [-0.2, 0) is 5.75 Å². The van der Waals surface area contributed by atoms with E-state index in [0.29, 0.717) is 10.7 Å². The molecule has 3 aromatic heterocycles. The third kappa shape index (κ3) is 4.63. The topological polar surface area (TPSA) is 54.9 Å². The van der Waals surface area contributed by atoms with Crippen LogP contribution in [0.5, 0.6) is 0 Å². The van der Waals surface area contributed by atoms with Crippen molar-refractivity contribution in [2.75, 3.05) is 5.32 Å². The lowest BCUT2D eigenvalue weighted by atomic mass is 10.2. The van der Waals surface area contributed by atoms with Crippen LogP contribution in [0.1, 0.15) is 15.9 Å². The number of rotatable bonds is 6. The third-order valence-electron chi connectivity index (χ3n) is 3.74. The minimum atomic E-state index is -0.147. The number of thiazole rings is 1. The van der Waals surface area contributed by atoms with Crippen molar-refractivity contribution in [3.63, 3.8) is 0 Å². The van der Waals surface area contributed by atoms with Crippen molar-refractivity contribution in [2.45, 2.75) is 10.6 Å². The molecular formula is C20H15N3OS3. The average molecular weight is 410 g/mol. The van der Waals surface area contributed by atoms with Crippen LogP contribution in [0.15, 0.2) is 76.6 Å². The number of amides is 1. The fourth-order valence-electron chi connectivity index (χ4n) is 2.39. The Morgan fingerprint density at radius 2 is 1.96 bits per heavy atom. The molecule has 4 nitrogen and oxygen atoms in total. The minimum Gasteiger partial charge on any atom is -0.298 e. The fourth-order valence-corrected chi connectivity index (χ4v) is 4.69.